The number of halogens is 1. The first-order valence-corrected chi connectivity index (χ1v) is 8.15. The topological polar surface area (TPSA) is 114 Å². The molecule has 1 aromatic rings. The summed E-state index contributed by atoms with van der Waals surface area (Å²) < 4.78 is 40.6. The van der Waals surface area contributed by atoms with Gasteiger partial charge in [-0.15, -0.1) is 0 Å². The highest BCUT2D eigenvalue weighted by atomic mass is 32.2. The van der Waals surface area contributed by atoms with Crippen molar-refractivity contribution in [3.8, 4) is 0 Å². The summed E-state index contributed by atoms with van der Waals surface area (Å²) in [5.41, 5.74) is -0.133. The van der Waals surface area contributed by atoms with Crippen LogP contribution in [0.5, 0.6) is 0 Å². The molecule has 0 saturated carbocycles. The van der Waals surface area contributed by atoms with Crippen molar-refractivity contribution in [1.29, 1.82) is 0 Å². The van der Waals surface area contributed by atoms with Gasteiger partial charge in [0, 0.05) is 18.2 Å². The van der Waals surface area contributed by atoms with E-state index in [-0.39, 0.29) is 30.0 Å². The molecule has 0 spiro atoms. The maximum Gasteiger partial charge on any atom is 0.264 e. The van der Waals surface area contributed by atoms with E-state index in [2.05, 4.69) is 19.8 Å². The van der Waals surface area contributed by atoms with Gasteiger partial charge in [0.2, 0.25) is 11.8 Å². The summed E-state index contributed by atoms with van der Waals surface area (Å²) in [5.74, 6) is -1.69. The van der Waals surface area contributed by atoms with Gasteiger partial charge in [-0.05, 0) is 6.42 Å². The van der Waals surface area contributed by atoms with Crippen LogP contribution in [0.3, 0.4) is 0 Å². The molecule has 0 radical (unpaired) electrons. The van der Waals surface area contributed by atoms with Crippen LogP contribution in [0.1, 0.15) is 18.4 Å². The van der Waals surface area contributed by atoms with E-state index in [1.54, 1.807) is 0 Å². The normalized spacial score (nSPS) is 18.9. The van der Waals surface area contributed by atoms with E-state index in [4.69, 9.17) is 0 Å². The predicted molar refractivity (Wildman–Crippen MR) is 73.6 cm³/mol. The van der Waals surface area contributed by atoms with E-state index < -0.39 is 34.5 Å². The Balaban J connectivity index is 2.12. The number of amides is 2. The van der Waals surface area contributed by atoms with Crippen LogP contribution < -0.4 is 10.6 Å². The van der Waals surface area contributed by atoms with Crippen LogP contribution in [0.25, 0.3) is 0 Å². The number of pyridine rings is 1. The van der Waals surface area contributed by atoms with Crippen molar-refractivity contribution in [2.75, 3.05) is 11.6 Å². The van der Waals surface area contributed by atoms with Gasteiger partial charge in [-0.2, -0.15) is 8.42 Å². The molecule has 1 aliphatic rings. The number of hydrogen-bond acceptors (Lipinski definition) is 7. The molecule has 0 aromatic carbocycles. The van der Waals surface area contributed by atoms with E-state index >= 15 is 0 Å². The quantitative estimate of drug-likeness (QED) is 0.572. The molecule has 120 valence electrons. The molecule has 1 unspecified atom stereocenters. The van der Waals surface area contributed by atoms with Gasteiger partial charge in [0.1, 0.15) is 6.04 Å². The third kappa shape index (κ3) is 4.21. The average Bonchev–Trinajstić information content (AvgIpc) is 2.41. The number of nitrogens with one attached hydrogen (secondary N) is 2. The maximum absolute atomic E-state index is 14.2. The van der Waals surface area contributed by atoms with Crippen molar-refractivity contribution in [3.63, 3.8) is 0 Å². The summed E-state index contributed by atoms with van der Waals surface area (Å²) in [6.45, 7) is -0.497. The van der Waals surface area contributed by atoms with Gasteiger partial charge in [0.25, 0.3) is 10.1 Å². The molecule has 0 bridgehead atoms. The Bertz CT molecular complexity index is 707. The molecular formula is C12H14FN3O5S. The maximum atomic E-state index is 14.2. The third-order valence-corrected chi connectivity index (χ3v) is 3.50. The molecule has 1 aromatic heterocycles. The van der Waals surface area contributed by atoms with Crippen LogP contribution in [-0.4, -0.2) is 37.5 Å². The lowest BCUT2D eigenvalue weighted by Gasteiger charge is -2.23. The third-order valence-electron chi connectivity index (χ3n) is 2.95. The highest BCUT2D eigenvalue weighted by molar-refractivity contribution is 7.85. The SMILES string of the molecule is CS(=O)(=O)OCc1cncc(NC2CCC(=O)NC2=O)c1F. The monoisotopic (exact) mass is 331 g/mol. The molecule has 10 heteroatoms. The van der Waals surface area contributed by atoms with Crippen molar-refractivity contribution in [1.82, 2.24) is 10.3 Å². The first-order valence-electron chi connectivity index (χ1n) is 6.33. The molecule has 2 heterocycles. The number of piperidine rings is 1. The Hall–Kier alpha value is -2.07. The van der Waals surface area contributed by atoms with E-state index in [1.807, 2.05) is 0 Å². The first-order chi connectivity index (χ1) is 10.3. The smallest absolute Gasteiger partial charge is 0.264 e. The number of carbonyl (C=O) groups excluding carboxylic acids is 2. The Morgan fingerprint density at radius 3 is 2.82 bits per heavy atom. The summed E-state index contributed by atoms with van der Waals surface area (Å²) >= 11 is 0. The fourth-order valence-electron chi connectivity index (χ4n) is 1.88. The van der Waals surface area contributed by atoms with Gasteiger partial charge in [-0.1, -0.05) is 0 Å². The van der Waals surface area contributed by atoms with Crippen molar-refractivity contribution in [3.05, 3.63) is 23.8 Å². The second-order valence-corrected chi connectivity index (χ2v) is 6.42. The molecule has 2 rings (SSSR count). The van der Waals surface area contributed by atoms with E-state index in [1.165, 1.54) is 6.20 Å². The highest BCUT2D eigenvalue weighted by Gasteiger charge is 2.27. The van der Waals surface area contributed by atoms with Crippen molar-refractivity contribution in [2.24, 2.45) is 0 Å². The van der Waals surface area contributed by atoms with Crippen LogP contribution in [0, 0.1) is 5.82 Å². The Kier molecular flexibility index (Phi) is 4.71. The summed E-state index contributed by atoms with van der Waals surface area (Å²) in [6.07, 6.45) is 3.53. The number of aromatic nitrogens is 1. The summed E-state index contributed by atoms with van der Waals surface area (Å²) in [7, 11) is -3.71. The molecule has 8 nitrogen and oxygen atoms in total. The number of nitrogens with zero attached hydrogens (tertiary/aromatic N) is 1. The zero-order chi connectivity index (χ0) is 16.3. The van der Waals surface area contributed by atoms with Gasteiger partial charge in [0.05, 0.1) is 24.7 Å². The minimum atomic E-state index is -3.71. The van der Waals surface area contributed by atoms with Crippen LogP contribution in [-0.2, 0) is 30.5 Å². The molecule has 1 saturated heterocycles. The van der Waals surface area contributed by atoms with Crippen molar-refractivity contribution in [2.45, 2.75) is 25.5 Å². The molecule has 2 N–H and O–H groups in total. The summed E-state index contributed by atoms with van der Waals surface area (Å²) in [4.78, 5) is 26.4. The zero-order valence-electron chi connectivity index (χ0n) is 11.6. The molecule has 1 fully saturated rings. The first kappa shape index (κ1) is 16.3. The van der Waals surface area contributed by atoms with Gasteiger partial charge in [-0.25, -0.2) is 4.39 Å². The van der Waals surface area contributed by atoms with Gasteiger partial charge >= 0.3 is 0 Å². The molecular weight excluding hydrogens is 317 g/mol. The number of hydrogen-bond donors (Lipinski definition) is 2. The zero-order valence-corrected chi connectivity index (χ0v) is 12.4. The average molecular weight is 331 g/mol. The second kappa shape index (κ2) is 6.36. The minimum absolute atomic E-state index is 0.0656. The van der Waals surface area contributed by atoms with E-state index in [9.17, 15) is 22.4 Å². The van der Waals surface area contributed by atoms with Gasteiger partial charge in [0.15, 0.2) is 5.82 Å². The number of anilines is 1. The Labute approximate surface area is 126 Å². The molecule has 1 aliphatic heterocycles. The fraction of sp³-hybridized carbons (Fsp3) is 0.417. The number of carbonyl (C=O) groups is 2. The van der Waals surface area contributed by atoms with E-state index in [0.717, 1.165) is 12.5 Å². The van der Waals surface area contributed by atoms with Crippen LogP contribution in [0.15, 0.2) is 12.4 Å². The fourth-order valence-corrected chi connectivity index (χ4v) is 2.22. The highest BCUT2D eigenvalue weighted by Crippen LogP contribution is 2.20. The van der Waals surface area contributed by atoms with Crippen molar-refractivity contribution >= 4 is 27.6 Å². The summed E-state index contributed by atoms with van der Waals surface area (Å²) in [6, 6.07) is -0.764. The Morgan fingerprint density at radius 2 is 2.18 bits per heavy atom. The predicted octanol–water partition coefficient (Wildman–Crippen LogP) is -0.0860. The van der Waals surface area contributed by atoms with Crippen LogP contribution in [0.4, 0.5) is 10.1 Å². The minimum Gasteiger partial charge on any atom is -0.370 e. The lowest BCUT2D eigenvalue weighted by molar-refractivity contribution is -0.133. The Morgan fingerprint density at radius 1 is 1.45 bits per heavy atom. The molecule has 2 amide bonds. The standard InChI is InChI=1S/C12H14FN3O5S/c1-22(19,20)21-6-7-4-14-5-9(11(7)13)15-8-2-3-10(17)16-12(8)18/h4-5,8,15H,2-3,6H2,1H3,(H,16,17,18). The largest absolute Gasteiger partial charge is 0.370 e. The van der Waals surface area contributed by atoms with Gasteiger partial charge in [-0.3, -0.25) is 24.1 Å². The molecule has 22 heavy (non-hydrogen) atoms. The van der Waals surface area contributed by atoms with Crippen LogP contribution >= 0.6 is 0 Å². The van der Waals surface area contributed by atoms with E-state index in [0.29, 0.717) is 0 Å². The summed E-state index contributed by atoms with van der Waals surface area (Å²) in [5, 5.41) is 4.79. The lowest BCUT2D eigenvalue weighted by atomic mass is 10.1. The van der Waals surface area contributed by atoms with Crippen LogP contribution in [0.2, 0.25) is 0 Å². The molecule has 1 atom stereocenters. The lowest BCUT2D eigenvalue weighted by Crippen LogP contribution is -2.47. The van der Waals surface area contributed by atoms with Gasteiger partial charge < -0.3 is 5.32 Å². The molecule has 0 aliphatic carbocycles. The number of imide groups is 1. The number of rotatable bonds is 5. The second-order valence-electron chi connectivity index (χ2n) is 4.77. The van der Waals surface area contributed by atoms with Crippen molar-refractivity contribution < 1.29 is 26.6 Å².